The first-order chi connectivity index (χ1) is 11.5. The first-order valence-corrected chi connectivity index (χ1v) is 9.15. The van der Waals surface area contributed by atoms with E-state index < -0.39 is 16.0 Å². The van der Waals surface area contributed by atoms with Crippen molar-refractivity contribution in [3.8, 4) is 10.6 Å². The predicted octanol–water partition coefficient (Wildman–Crippen LogP) is 3.31. The Balaban J connectivity index is 2.02. The number of carbonyl (C=O) groups is 1. The lowest BCUT2D eigenvalue weighted by Crippen LogP contribution is -2.14. The quantitative estimate of drug-likeness (QED) is 0.728. The molecule has 0 unspecified atom stereocenters. The van der Waals surface area contributed by atoms with Gasteiger partial charge < -0.3 is 5.11 Å². The van der Waals surface area contributed by atoms with Crippen LogP contribution in [0.2, 0.25) is 0 Å². The molecular formula is C16H12N2O4S2. The van der Waals surface area contributed by atoms with Crippen molar-refractivity contribution in [3.63, 3.8) is 0 Å². The Bertz CT molecular complexity index is 968. The minimum Gasteiger partial charge on any atom is -0.476 e. The van der Waals surface area contributed by atoms with Crippen molar-refractivity contribution in [1.82, 2.24) is 4.98 Å². The van der Waals surface area contributed by atoms with Crippen LogP contribution in [0.3, 0.4) is 0 Å². The monoisotopic (exact) mass is 360 g/mol. The molecule has 3 aromatic rings. The molecule has 0 amide bonds. The molecule has 0 aliphatic carbocycles. The third-order valence-electron chi connectivity index (χ3n) is 3.13. The van der Waals surface area contributed by atoms with Crippen molar-refractivity contribution >= 4 is 32.3 Å². The van der Waals surface area contributed by atoms with Crippen LogP contribution in [0.4, 0.5) is 5.00 Å². The third kappa shape index (κ3) is 3.29. The molecule has 122 valence electrons. The first kappa shape index (κ1) is 16.2. The van der Waals surface area contributed by atoms with E-state index in [4.69, 9.17) is 0 Å². The Labute approximate surface area is 142 Å². The molecule has 0 bridgehead atoms. The fraction of sp³-hybridized carbons (Fsp3) is 0. The summed E-state index contributed by atoms with van der Waals surface area (Å²) < 4.78 is 27.1. The first-order valence-electron chi connectivity index (χ1n) is 6.85. The largest absolute Gasteiger partial charge is 0.476 e. The maximum atomic E-state index is 12.4. The molecule has 0 saturated carbocycles. The highest BCUT2D eigenvalue weighted by Crippen LogP contribution is 2.33. The van der Waals surface area contributed by atoms with E-state index in [-0.39, 0.29) is 15.6 Å². The number of nitrogens with one attached hydrogen (secondary N) is 1. The van der Waals surface area contributed by atoms with Gasteiger partial charge in [-0.3, -0.25) is 4.72 Å². The van der Waals surface area contributed by atoms with Gasteiger partial charge in [0, 0.05) is 5.56 Å². The Kier molecular flexibility index (Phi) is 4.32. The van der Waals surface area contributed by atoms with Crippen LogP contribution in [-0.2, 0) is 10.0 Å². The Morgan fingerprint density at radius 3 is 2.17 bits per heavy atom. The molecule has 2 N–H and O–H groups in total. The number of anilines is 1. The lowest BCUT2D eigenvalue weighted by atomic mass is 10.2. The van der Waals surface area contributed by atoms with Crippen molar-refractivity contribution in [3.05, 3.63) is 66.4 Å². The van der Waals surface area contributed by atoms with E-state index in [0.717, 1.165) is 16.9 Å². The second kappa shape index (κ2) is 6.42. The van der Waals surface area contributed by atoms with Gasteiger partial charge in [0.2, 0.25) is 0 Å². The van der Waals surface area contributed by atoms with Crippen LogP contribution in [0, 0.1) is 0 Å². The molecule has 0 spiro atoms. The van der Waals surface area contributed by atoms with E-state index >= 15 is 0 Å². The third-order valence-corrected chi connectivity index (χ3v) is 5.65. The molecule has 1 aromatic heterocycles. The fourth-order valence-electron chi connectivity index (χ4n) is 2.02. The van der Waals surface area contributed by atoms with Gasteiger partial charge >= 0.3 is 5.97 Å². The number of thiazole rings is 1. The summed E-state index contributed by atoms with van der Waals surface area (Å²) in [6.45, 7) is 0. The van der Waals surface area contributed by atoms with Crippen LogP contribution in [0.1, 0.15) is 10.5 Å². The minimum atomic E-state index is -3.88. The summed E-state index contributed by atoms with van der Waals surface area (Å²) in [5, 5.41) is 9.71. The molecule has 0 saturated heterocycles. The van der Waals surface area contributed by atoms with E-state index in [0.29, 0.717) is 5.01 Å². The van der Waals surface area contributed by atoms with Gasteiger partial charge in [0.15, 0.2) is 5.69 Å². The summed E-state index contributed by atoms with van der Waals surface area (Å²) in [4.78, 5) is 15.5. The Hall–Kier alpha value is -2.71. The fourth-order valence-corrected chi connectivity index (χ4v) is 4.30. The molecule has 0 aliphatic heterocycles. The van der Waals surface area contributed by atoms with Gasteiger partial charge in [0.1, 0.15) is 10.0 Å². The summed E-state index contributed by atoms with van der Waals surface area (Å²) in [6, 6.07) is 16.7. The van der Waals surface area contributed by atoms with Crippen LogP contribution < -0.4 is 4.72 Å². The van der Waals surface area contributed by atoms with Crippen LogP contribution >= 0.6 is 11.3 Å². The zero-order valence-electron chi connectivity index (χ0n) is 12.2. The summed E-state index contributed by atoms with van der Waals surface area (Å²) in [6.07, 6.45) is 0. The molecule has 1 heterocycles. The number of rotatable bonds is 5. The van der Waals surface area contributed by atoms with E-state index in [9.17, 15) is 18.3 Å². The molecule has 8 heteroatoms. The molecule has 0 fully saturated rings. The van der Waals surface area contributed by atoms with E-state index in [1.54, 1.807) is 42.5 Å². The number of hydrogen-bond donors (Lipinski definition) is 2. The lowest BCUT2D eigenvalue weighted by molar-refractivity contribution is 0.0692. The van der Waals surface area contributed by atoms with Crippen LogP contribution in [0.15, 0.2) is 65.6 Å². The molecule has 3 rings (SSSR count). The number of benzene rings is 2. The molecule has 0 atom stereocenters. The SMILES string of the molecule is O=C(O)c1nc(-c2ccccc2)sc1NS(=O)(=O)c1ccccc1. The number of sulfonamides is 1. The zero-order valence-corrected chi connectivity index (χ0v) is 13.8. The van der Waals surface area contributed by atoms with Gasteiger partial charge in [-0.2, -0.15) is 0 Å². The summed E-state index contributed by atoms with van der Waals surface area (Å²) in [5.41, 5.74) is 0.397. The van der Waals surface area contributed by atoms with E-state index in [1.807, 2.05) is 6.07 Å². The maximum Gasteiger partial charge on any atom is 0.357 e. The standard InChI is InChI=1S/C16H12N2O4S2/c19-16(20)13-15(18-24(21,22)12-9-5-2-6-10-12)23-14(17-13)11-7-3-1-4-8-11/h1-10,18H,(H,19,20). The topological polar surface area (TPSA) is 96.4 Å². The maximum absolute atomic E-state index is 12.4. The second-order valence-electron chi connectivity index (χ2n) is 4.79. The highest BCUT2D eigenvalue weighted by molar-refractivity contribution is 7.93. The van der Waals surface area contributed by atoms with Crippen LogP contribution in [-0.4, -0.2) is 24.5 Å². The van der Waals surface area contributed by atoms with Crippen molar-refractivity contribution in [1.29, 1.82) is 0 Å². The second-order valence-corrected chi connectivity index (χ2v) is 7.47. The number of aromatic nitrogens is 1. The zero-order chi connectivity index (χ0) is 17.2. The molecule has 0 radical (unpaired) electrons. The van der Waals surface area contributed by atoms with E-state index in [2.05, 4.69) is 9.71 Å². The van der Waals surface area contributed by atoms with Crippen molar-refractivity contribution in [2.24, 2.45) is 0 Å². The van der Waals surface area contributed by atoms with Gasteiger partial charge in [-0.1, -0.05) is 59.9 Å². The molecular weight excluding hydrogens is 348 g/mol. The van der Waals surface area contributed by atoms with Gasteiger partial charge in [-0.15, -0.1) is 0 Å². The lowest BCUT2D eigenvalue weighted by Gasteiger charge is -2.06. The van der Waals surface area contributed by atoms with Gasteiger partial charge in [-0.25, -0.2) is 18.2 Å². The number of nitrogens with zero attached hydrogens (tertiary/aromatic N) is 1. The minimum absolute atomic E-state index is 0.0230. The van der Waals surface area contributed by atoms with Crippen molar-refractivity contribution in [2.75, 3.05) is 4.72 Å². The van der Waals surface area contributed by atoms with Gasteiger partial charge in [0.05, 0.1) is 4.90 Å². The normalized spacial score (nSPS) is 11.2. The smallest absolute Gasteiger partial charge is 0.357 e. The van der Waals surface area contributed by atoms with Crippen LogP contribution in [0.25, 0.3) is 10.6 Å². The number of carboxylic acid groups (broad SMARTS) is 1. The average Bonchev–Trinajstić information content (AvgIpc) is 3.00. The molecule has 6 nitrogen and oxygen atoms in total. The van der Waals surface area contributed by atoms with E-state index in [1.165, 1.54) is 12.1 Å². The highest BCUT2D eigenvalue weighted by atomic mass is 32.2. The highest BCUT2D eigenvalue weighted by Gasteiger charge is 2.23. The summed E-state index contributed by atoms with van der Waals surface area (Å²) in [7, 11) is -3.88. The van der Waals surface area contributed by atoms with Gasteiger partial charge in [0.25, 0.3) is 10.0 Å². The Morgan fingerprint density at radius 2 is 1.58 bits per heavy atom. The molecule has 24 heavy (non-hydrogen) atoms. The van der Waals surface area contributed by atoms with Crippen molar-refractivity contribution in [2.45, 2.75) is 4.90 Å². The predicted molar refractivity (Wildman–Crippen MR) is 91.8 cm³/mol. The summed E-state index contributed by atoms with van der Waals surface area (Å²) >= 11 is 0.980. The van der Waals surface area contributed by atoms with Crippen LogP contribution in [0.5, 0.6) is 0 Å². The molecule has 2 aromatic carbocycles. The van der Waals surface area contributed by atoms with Gasteiger partial charge in [-0.05, 0) is 12.1 Å². The number of aromatic carboxylic acids is 1. The summed E-state index contributed by atoms with van der Waals surface area (Å²) in [5.74, 6) is -1.29. The average molecular weight is 360 g/mol. The molecule has 0 aliphatic rings. The number of carboxylic acids is 1. The Morgan fingerprint density at radius 1 is 1.00 bits per heavy atom. The number of hydrogen-bond acceptors (Lipinski definition) is 5. The van der Waals surface area contributed by atoms with Crippen molar-refractivity contribution < 1.29 is 18.3 Å².